The summed E-state index contributed by atoms with van der Waals surface area (Å²) in [6.07, 6.45) is 0.657. The van der Waals surface area contributed by atoms with Crippen molar-refractivity contribution in [3.8, 4) is 5.75 Å². The number of imidazole rings is 1. The van der Waals surface area contributed by atoms with Gasteiger partial charge in [0.25, 0.3) is 0 Å². The molecule has 142 valence electrons. The minimum absolute atomic E-state index is 0.128. The quantitative estimate of drug-likeness (QED) is 0.667. The summed E-state index contributed by atoms with van der Waals surface area (Å²) in [5.41, 5.74) is 1.42. The monoisotopic (exact) mass is 393 g/mol. The van der Waals surface area contributed by atoms with Gasteiger partial charge in [0.1, 0.15) is 23.2 Å². The fourth-order valence-corrected chi connectivity index (χ4v) is 2.92. The zero-order valence-electron chi connectivity index (χ0n) is 14.6. The molecular formula is C19H18ClF2N3O2. The van der Waals surface area contributed by atoms with Crippen molar-refractivity contribution < 1.29 is 18.3 Å². The van der Waals surface area contributed by atoms with Gasteiger partial charge in [-0.1, -0.05) is 11.6 Å². The van der Waals surface area contributed by atoms with Crippen LogP contribution in [-0.4, -0.2) is 28.6 Å². The number of nitrogens with one attached hydrogen (secondary N) is 1. The minimum atomic E-state index is -0.449. The van der Waals surface area contributed by atoms with Gasteiger partial charge in [0.15, 0.2) is 0 Å². The molecule has 0 aliphatic carbocycles. The third-order valence-electron chi connectivity index (χ3n) is 4.09. The normalized spacial score (nSPS) is 11.0. The van der Waals surface area contributed by atoms with Crippen LogP contribution in [0.25, 0.3) is 11.0 Å². The molecule has 8 heteroatoms. The maximum absolute atomic E-state index is 13.3. The van der Waals surface area contributed by atoms with Crippen molar-refractivity contribution in [3.05, 3.63) is 58.9 Å². The standard InChI is InChI=1S/C19H18ClF2N3O2/c1-25-16-4-2-13(22)11-15(16)24-18(25)6-8-23-19(26)7-9-27-17-5-3-12(21)10-14(17)20/h2-5,10-11H,6-9H2,1H3,(H,23,26). The Labute approximate surface area is 159 Å². The molecule has 0 spiro atoms. The lowest BCUT2D eigenvalue weighted by Crippen LogP contribution is -2.27. The minimum Gasteiger partial charge on any atom is -0.491 e. The molecule has 5 nitrogen and oxygen atoms in total. The zero-order chi connectivity index (χ0) is 19.4. The van der Waals surface area contributed by atoms with Crippen molar-refractivity contribution in [2.24, 2.45) is 7.05 Å². The van der Waals surface area contributed by atoms with E-state index >= 15 is 0 Å². The van der Waals surface area contributed by atoms with Gasteiger partial charge in [-0.25, -0.2) is 13.8 Å². The van der Waals surface area contributed by atoms with Crippen LogP contribution in [0.15, 0.2) is 36.4 Å². The van der Waals surface area contributed by atoms with E-state index in [1.807, 2.05) is 11.6 Å². The zero-order valence-corrected chi connectivity index (χ0v) is 15.4. The van der Waals surface area contributed by atoms with Crippen LogP contribution in [0.1, 0.15) is 12.2 Å². The smallest absolute Gasteiger partial charge is 0.223 e. The van der Waals surface area contributed by atoms with E-state index in [4.69, 9.17) is 16.3 Å². The molecule has 1 amide bonds. The summed E-state index contributed by atoms with van der Waals surface area (Å²) >= 11 is 5.86. The summed E-state index contributed by atoms with van der Waals surface area (Å²) < 4.78 is 33.5. The van der Waals surface area contributed by atoms with E-state index in [0.717, 1.165) is 17.4 Å². The molecule has 0 saturated heterocycles. The summed E-state index contributed by atoms with van der Waals surface area (Å²) in [7, 11) is 1.85. The highest BCUT2D eigenvalue weighted by Crippen LogP contribution is 2.24. The molecule has 1 aromatic heterocycles. The number of fused-ring (bicyclic) bond motifs is 1. The highest BCUT2D eigenvalue weighted by Gasteiger charge is 2.10. The lowest BCUT2D eigenvalue weighted by molar-refractivity contribution is -0.121. The van der Waals surface area contributed by atoms with E-state index in [-0.39, 0.29) is 29.8 Å². The van der Waals surface area contributed by atoms with Crippen molar-refractivity contribution in [3.63, 3.8) is 0 Å². The number of amides is 1. The second-order valence-electron chi connectivity index (χ2n) is 5.99. The van der Waals surface area contributed by atoms with Gasteiger partial charge in [0.05, 0.1) is 29.1 Å². The summed E-state index contributed by atoms with van der Waals surface area (Å²) in [5, 5.41) is 2.95. The Morgan fingerprint density at radius 1 is 1.22 bits per heavy atom. The van der Waals surface area contributed by atoms with Crippen LogP contribution in [0.5, 0.6) is 5.75 Å². The number of carbonyl (C=O) groups excluding carboxylic acids is 1. The van der Waals surface area contributed by atoms with Gasteiger partial charge in [-0.05, 0) is 30.3 Å². The average molecular weight is 394 g/mol. The number of nitrogens with zero attached hydrogens (tertiary/aromatic N) is 2. The number of hydrogen-bond acceptors (Lipinski definition) is 3. The number of carbonyl (C=O) groups is 1. The van der Waals surface area contributed by atoms with Gasteiger partial charge in [-0.3, -0.25) is 4.79 Å². The molecule has 0 fully saturated rings. The molecule has 3 aromatic rings. The summed E-state index contributed by atoms with van der Waals surface area (Å²) in [6, 6.07) is 8.27. The molecule has 2 aromatic carbocycles. The lowest BCUT2D eigenvalue weighted by atomic mass is 10.3. The first-order chi connectivity index (χ1) is 12.9. The van der Waals surface area contributed by atoms with Crippen LogP contribution in [0.4, 0.5) is 8.78 Å². The Morgan fingerprint density at radius 3 is 2.74 bits per heavy atom. The molecule has 27 heavy (non-hydrogen) atoms. The number of hydrogen-bond donors (Lipinski definition) is 1. The highest BCUT2D eigenvalue weighted by molar-refractivity contribution is 6.32. The van der Waals surface area contributed by atoms with Crippen molar-refractivity contribution >= 4 is 28.5 Å². The topological polar surface area (TPSA) is 56.2 Å². The summed E-state index contributed by atoms with van der Waals surface area (Å²) in [5.74, 6) is 0.123. The Kier molecular flexibility index (Phi) is 5.91. The third-order valence-corrected chi connectivity index (χ3v) is 4.38. The summed E-state index contributed by atoms with van der Waals surface area (Å²) in [4.78, 5) is 16.3. The van der Waals surface area contributed by atoms with Crippen LogP contribution >= 0.6 is 11.6 Å². The van der Waals surface area contributed by atoms with Crippen LogP contribution in [0.2, 0.25) is 5.02 Å². The number of aryl methyl sites for hydroxylation is 1. The van der Waals surface area contributed by atoms with Crippen LogP contribution in [-0.2, 0) is 18.3 Å². The van der Waals surface area contributed by atoms with Gasteiger partial charge in [-0.15, -0.1) is 0 Å². The first-order valence-electron chi connectivity index (χ1n) is 8.39. The molecule has 1 N–H and O–H groups in total. The Morgan fingerprint density at radius 2 is 1.96 bits per heavy atom. The van der Waals surface area contributed by atoms with Crippen molar-refractivity contribution in [2.75, 3.05) is 13.2 Å². The Balaban J connectivity index is 1.45. The highest BCUT2D eigenvalue weighted by atomic mass is 35.5. The molecule has 0 unspecified atom stereocenters. The molecule has 0 aliphatic rings. The Hall–Kier alpha value is -2.67. The molecule has 0 radical (unpaired) electrons. The average Bonchev–Trinajstić information content (AvgIpc) is 2.92. The number of aromatic nitrogens is 2. The van der Waals surface area contributed by atoms with E-state index in [1.165, 1.54) is 24.3 Å². The largest absolute Gasteiger partial charge is 0.491 e. The number of ether oxygens (including phenoxy) is 1. The maximum atomic E-state index is 13.3. The molecule has 0 saturated carbocycles. The molecule has 0 aliphatic heterocycles. The maximum Gasteiger partial charge on any atom is 0.223 e. The number of benzene rings is 2. The predicted octanol–water partition coefficient (Wildman–Crippen LogP) is 3.63. The first-order valence-corrected chi connectivity index (χ1v) is 8.77. The van der Waals surface area contributed by atoms with Gasteiger partial charge in [0.2, 0.25) is 5.91 Å². The van der Waals surface area contributed by atoms with Crippen LogP contribution in [0.3, 0.4) is 0 Å². The van der Waals surface area contributed by atoms with Crippen molar-refractivity contribution in [1.82, 2.24) is 14.9 Å². The van der Waals surface area contributed by atoms with Gasteiger partial charge in [-0.2, -0.15) is 0 Å². The second kappa shape index (κ2) is 8.35. The van der Waals surface area contributed by atoms with E-state index in [0.29, 0.717) is 24.2 Å². The lowest BCUT2D eigenvalue weighted by Gasteiger charge is -2.09. The third kappa shape index (κ3) is 4.74. The molecule has 0 atom stereocenters. The Bertz CT molecular complexity index is 975. The predicted molar refractivity (Wildman–Crippen MR) is 98.9 cm³/mol. The van der Waals surface area contributed by atoms with Gasteiger partial charge < -0.3 is 14.6 Å². The summed E-state index contributed by atoms with van der Waals surface area (Å²) in [6.45, 7) is 0.526. The van der Waals surface area contributed by atoms with Crippen molar-refractivity contribution in [2.45, 2.75) is 12.8 Å². The van der Waals surface area contributed by atoms with Crippen LogP contribution in [0, 0.1) is 11.6 Å². The molecular weight excluding hydrogens is 376 g/mol. The number of rotatable bonds is 7. The van der Waals surface area contributed by atoms with Gasteiger partial charge in [0, 0.05) is 26.1 Å². The molecule has 3 rings (SSSR count). The van der Waals surface area contributed by atoms with E-state index in [1.54, 1.807) is 6.07 Å². The second-order valence-corrected chi connectivity index (χ2v) is 6.40. The molecule has 0 bridgehead atoms. The first kappa shape index (κ1) is 19.1. The van der Waals surface area contributed by atoms with Gasteiger partial charge >= 0.3 is 0 Å². The van der Waals surface area contributed by atoms with Crippen LogP contribution < -0.4 is 10.1 Å². The van der Waals surface area contributed by atoms with E-state index in [9.17, 15) is 13.6 Å². The fraction of sp³-hybridized carbons (Fsp3) is 0.263. The molecule has 1 heterocycles. The fourth-order valence-electron chi connectivity index (χ4n) is 2.69. The van der Waals surface area contributed by atoms with Crippen molar-refractivity contribution in [1.29, 1.82) is 0 Å². The SMILES string of the molecule is Cn1c(CCNC(=O)CCOc2ccc(F)cc2Cl)nc2cc(F)ccc21. The van der Waals surface area contributed by atoms with E-state index in [2.05, 4.69) is 10.3 Å². The van der Waals surface area contributed by atoms with E-state index < -0.39 is 5.82 Å². The number of halogens is 3.